The van der Waals surface area contributed by atoms with E-state index in [1.807, 2.05) is 36.4 Å². The minimum atomic E-state index is -0.825. The third-order valence-corrected chi connectivity index (χ3v) is 4.21. The number of carbonyl (C=O) groups is 3. The maximum absolute atomic E-state index is 12.3. The number of nitrogens with one attached hydrogen (secondary N) is 2. The van der Waals surface area contributed by atoms with Crippen LogP contribution in [0.1, 0.15) is 17.2 Å². The number of likely N-dealkylation sites (N-methyl/N-ethyl adjacent to an activating group) is 1. The number of fused-ring (bicyclic) bond motifs is 1. The van der Waals surface area contributed by atoms with Crippen LogP contribution < -0.4 is 15.5 Å². The van der Waals surface area contributed by atoms with Crippen LogP contribution in [0.3, 0.4) is 0 Å². The summed E-state index contributed by atoms with van der Waals surface area (Å²) in [5, 5.41) is 5.10. The van der Waals surface area contributed by atoms with E-state index in [0.717, 1.165) is 11.3 Å². The van der Waals surface area contributed by atoms with Crippen LogP contribution in [0.4, 0.5) is 5.69 Å². The van der Waals surface area contributed by atoms with Crippen LogP contribution in [0.15, 0.2) is 54.6 Å². The first-order chi connectivity index (χ1) is 12.1. The number of carbonyl (C=O) groups excluding carboxylic acids is 3. The Morgan fingerprint density at radius 2 is 1.68 bits per heavy atom. The van der Waals surface area contributed by atoms with Gasteiger partial charge in [-0.3, -0.25) is 14.4 Å². The Hall–Kier alpha value is -3.15. The third-order valence-electron chi connectivity index (χ3n) is 4.21. The van der Waals surface area contributed by atoms with E-state index >= 15 is 0 Å². The van der Waals surface area contributed by atoms with Crippen molar-refractivity contribution >= 4 is 23.4 Å². The standard InChI is InChI=1S/C19H19N3O3/c1-22-15-10-6-5-9-14(15)16(19(22)25)21-18(24)17(23)20-12-11-13-7-3-2-4-8-13/h2-10,16H,11-12H2,1H3,(H,20,23)(H,21,24). The molecule has 0 aromatic heterocycles. The summed E-state index contributed by atoms with van der Waals surface area (Å²) in [6.45, 7) is 0.353. The molecule has 0 fully saturated rings. The fraction of sp³-hybridized carbons (Fsp3) is 0.211. The minimum absolute atomic E-state index is 0.258. The van der Waals surface area contributed by atoms with Gasteiger partial charge < -0.3 is 15.5 Å². The van der Waals surface area contributed by atoms with Gasteiger partial charge in [-0.2, -0.15) is 0 Å². The Bertz CT molecular complexity index is 805. The molecular weight excluding hydrogens is 318 g/mol. The molecule has 1 atom stereocenters. The molecule has 6 heteroatoms. The SMILES string of the molecule is CN1C(=O)C(NC(=O)C(=O)NCCc2ccccc2)c2ccccc21. The predicted octanol–water partition coefficient (Wildman–Crippen LogP) is 1.18. The van der Waals surface area contributed by atoms with E-state index in [4.69, 9.17) is 0 Å². The van der Waals surface area contributed by atoms with E-state index in [2.05, 4.69) is 10.6 Å². The summed E-state index contributed by atoms with van der Waals surface area (Å²) < 4.78 is 0. The Morgan fingerprint density at radius 1 is 1.00 bits per heavy atom. The van der Waals surface area contributed by atoms with E-state index < -0.39 is 17.9 Å². The number of anilines is 1. The number of para-hydroxylation sites is 1. The van der Waals surface area contributed by atoms with Gasteiger partial charge in [0.15, 0.2) is 0 Å². The molecule has 0 saturated carbocycles. The van der Waals surface area contributed by atoms with Gasteiger partial charge in [-0.1, -0.05) is 48.5 Å². The summed E-state index contributed by atoms with van der Waals surface area (Å²) in [6, 6.07) is 16.0. The highest BCUT2D eigenvalue weighted by Crippen LogP contribution is 2.34. The van der Waals surface area contributed by atoms with Crippen LogP contribution in [0.2, 0.25) is 0 Å². The number of amides is 3. The van der Waals surface area contributed by atoms with Crippen molar-refractivity contribution in [2.75, 3.05) is 18.5 Å². The van der Waals surface area contributed by atoms with Gasteiger partial charge in [-0.05, 0) is 18.1 Å². The Labute approximate surface area is 145 Å². The van der Waals surface area contributed by atoms with Gasteiger partial charge in [0.1, 0.15) is 6.04 Å². The van der Waals surface area contributed by atoms with Gasteiger partial charge in [0.25, 0.3) is 5.91 Å². The van der Waals surface area contributed by atoms with Crippen LogP contribution in [0.25, 0.3) is 0 Å². The molecule has 1 heterocycles. The highest BCUT2D eigenvalue weighted by Gasteiger charge is 2.36. The summed E-state index contributed by atoms with van der Waals surface area (Å²) in [4.78, 5) is 37.9. The van der Waals surface area contributed by atoms with Crippen LogP contribution in [0, 0.1) is 0 Å². The van der Waals surface area contributed by atoms with Crippen molar-refractivity contribution in [2.24, 2.45) is 0 Å². The summed E-state index contributed by atoms with van der Waals surface area (Å²) in [5.41, 5.74) is 2.51. The lowest BCUT2D eigenvalue weighted by Crippen LogP contribution is -2.44. The van der Waals surface area contributed by atoms with Gasteiger partial charge in [0.05, 0.1) is 0 Å². The second-order valence-electron chi connectivity index (χ2n) is 5.85. The van der Waals surface area contributed by atoms with Crippen LogP contribution in [0.5, 0.6) is 0 Å². The molecule has 6 nitrogen and oxygen atoms in total. The molecule has 0 saturated heterocycles. The monoisotopic (exact) mass is 337 g/mol. The van der Waals surface area contributed by atoms with Crippen LogP contribution in [-0.2, 0) is 20.8 Å². The average molecular weight is 337 g/mol. The van der Waals surface area contributed by atoms with Crippen molar-refractivity contribution in [1.82, 2.24) is 10.6 Å². The molecule has 0 bridgehead atoms. The van der Waals surface area contributed by atoms with Crippen LogP contribution >= 0.6 is 0 Å². The molecule has 0 radical (unpaired) electrons. The number of rotatable bonds is 4. The third kappa shape index (κ3) is 3.52. The van der Waals surface area contributed by atoms with Gasteiger partial charge in [-0.25, -0.2) is 0 Å². The molecular formula is C19H19N3O3. The fourth-order valence-electron chi connectivity index (χ4n) is 2.86. The molecule has 2 aromatic carbocycles. The zero-order valence-electron chi connectivity index (χ0n) is 13.9. The van der Waals surface area contributed by atoms with Gasteiger partial charge >= 0.3 is 11.8 Å². The van der Waals surface area contributed by atoms with Crippen molar-refractivity contribution < 1.29 is 14.4 Å². The highest BCUT2D eigenvalue weighted by atomic mass is 16.2. The molecule has 0 aliphatic carbocycles. The first-order valence-electron chi connectivity index (χ1n) is 8.07. The van der Waals surface area contributed by atoms with E-state index in [-0.39, 0.29) is 5.91 Å². The van der Waals surface area contributed by atoms with Crippen molar-refractivity contribution in [1.29, 1.82) is 0 Å². The summed E-state index contributed by atoms with van der Waals surface area (Å²) in [5.74, 6) is -1.81. The smallest absolute Gasteiger partial charge is 0.310 e. The molecule has 0 spiro atoms. The second kappa shape index (κ2) is 7.17. The summed E-state index contributed by atoms with van der Waals surface area (Å²) in [6.07, 6.45) is 0.633. The van der Waals surface area contributed by atoms with Crippen LogP contribution in [-0.4, -0.2) is 31.3 Å². The van der Waals surface area contributed by atoms with Gasteiger partial charge in [0.2, 0.25) is 0 Å². The largest absolute Gasteiger partial charge is 0.348 e. The molecule has 1 aliphatic rings. The first-order valence-corrected chi connectivity index (χ1v) is 8.07. The van der Waals surface area contributed by atoms with E-state index in [1.54, 1.807) is 25.2 Å². The lowest BCUT2D eigenvalue weighted by Gasteiger charge is -2.13. The molecule has 25 heavy (non-hydrogen) atoms. The van der Waals surface area contributed by atoms with E-state index in [0.29, 0.717) is 18.5 Å². The van der Waals surface area contributed by atoms with E-state index in [9.17, 15) is 14.4 Å². The van der Waals surface area contributed by atoms with Gasteiger partial charge in [-0.15, -0.1) is 0 Å². The lowest BCUT2D eigenvalue weighted by molar-refractivity contribution is -0.140. The van der Waals surface area contributed by atoms with Crippen molar-refractivity contribution in [2.45, 2.75) is 12.5 Å². The Balaban J connectivity index is 1.57. The quantitative estimate of drug-likeness (QED) is 0.823. The maximum Gasteiger partial charge on any atom is 0.310 e. The highest BCUT2D eigenvalue weighted by molar-refractivity contribution is 6.35. The number of benzene rings is 2. The first kappa shape index (κ1) is 16.7. The van der Waals surface area contributed by atoms with E-state index in [1.165, 1.54) is 4.90 Å². The topological polar surface area (TPSA) is 78.5 Å². The van der Waals surface area contributed by atoms with Crippen molar-refractivity contribution in [3.8, 4) is 0 Å². The Morgan fingerprint density at radius 3 is 2.44 bits per heavy atom. The zero-order chi connectivity index (χ0) is 17.8. The summed E-state index contributed by atoms with van der Waals surface area (Å²) >= 11 is 0. The average Bonchev–Trinajstić information content (AvgIpc) is 2.88. The molecule has 1 unspecified atom stereocenters. The fourth-order valence-corrected chi connectivity index (χ4v) is 2.86. The molecule has 2 aromatic rings. The number of nitrogens with zero attached hydrogens (tertiary/aromatic N) is 1. The lowest BCUT2D eigenvalue weighted by atomic mass is 10.1. The second-order valence-corrected chi connectivity index (χ2v) is 5.85. The Kier molecular flexibility index (Phi) is 4.79. The minimum Gasteiger partial charge on any atom is -0.348 e. The zero-order valence-corrected chi connectivity index (χ0v) is 13.9. The number of hydrogen-bond acceptors (Lipinski definition) is 3. The molecule has 1 aliphatic heterocycles. The van der Waals surface area contributed by atoms with Crippen molar-refractivity contribution in [3.05, 3.63) is 65.7 Å². The number of hydrogen-bond donors (Lipinski definition) is 2. The molecule has 3 amide bonds. The molecule has 3 rings (SSSR count). The normalized spacial score (nSPS) is 15.6. The molecule has 128 valence electrons. The van der Waals surface area contributed by atoms with Gasteiger partial charge in [0, 0.05) is 24.8 Å². The predicted molar refractivity (Wildman–Crippen MR) is 93.9 cm³/mol. The summed E-state index contributed by atoms with van der Waals surface area (Å²) in [7, 11) is 1.65. The van der Waals surface area contributed by atoms with Crippen molar-refractivity contribution in [3.63, 3.8) is 0 Å². The maximum atomic E-state index is 12.3. The molecule has 2 N–H and O–H groups in total.